The van der Waals surface area contributed by atoms with Crippen molar-refractivity contribution in [2.24, 2.45) is 0 Å². The Morgan fingerprint density at radius 1 is 1.35 bits per heavy atom. The molecule has 3 heteroatoms. The Bertz CT molecular complexity index is 477. The number of hydrogen-bond acceptors (Lipinski definition) is 3. The monoisotopic (exact) mass is 248 g/mol. The maximum Gasteiger partial charge on any atom is 0.122 e. The normalized spacial score (nSPS) is 12.4. The first-order chi connectivity index (χ1) is 8.20. The lowest BCUT2D eigenvalue weighted by Crippen LogP contribution is -2.02. The van der Waals surface area contributed by atoms with E-state index in [1.165, 1.54) is 5.56 Å². The van der Waals surface area contributed by atoms with E-state index in [1.807, 2.05) is 36.6 Å². The van der Waals surface area contributed by atoms with Crippen LogP contribution in [0.25, 0.3) is 0 Å². The average Bonchev–Trinajstić information content (AvgIpc) is 2.83. The summed E-state index contributed by atoms with van der Waals surface area (Å²) in [5, 5.41) is 12.1. The molecule has 0 fully saturated rings. The second kappa shape index (κ2) is 5.34. The van der Waals surface area contributed by atoms with Gasteiger partial charge in [-0.25, -0.2) is 0 Å². The van der Waals surface area contributed by atoms with Crippen LogP contribution in [0.15, 0.2) is 35.7 Å². The zero-order chi connectivity index (χ0) is 12.3. The molecule has 90 valence electrons. The fraction of sp³-hybridized carbons (Fsp3) is 0.286. The maximum absolute atomic E-state index is 10.1. The van der Waals surface area contributed by atoms with Crippen molar-refractivity contribution in [3.63, 3.8) is 0 Å². The summed E-state index contributed by atoms with van der Waals surface area (Å²) >= 11 is 1.58. The second-order valence-corrected chi connectivity index (χ2v) is 5.03. The van der Waals surface area contributed by atoms with Crippen molar-refractivity contribution in [2.75, 3.05) is 7.11 Å². The molecule has 0 radical (unpaired) electrons. The van der Waals surface area contributed by atoms with Gasteiger partial charge in [-0.05, 0) is 30.0 Å². The van der Waals surface area contributed by atoms with E-state index in [2.05, 4.69) is 6.07 Å². The predicted octanol–water partition coefficient (Wildman–Crippen LogP) is 3.34. The molecule has 1 heterocycles. The van der Waals surface area contributed by atoms with Crippen molar-refractivity contribution in [1.29, 1.82) is 0 Å². The Kier molecular flexibility index (Phi) is 3.82. The van der Waals surface area contributed by atoms with Crippen LogP contribution in [-0.2, 0) is 6.42 Å². The van der Waals surface area contributed by atoms with Crippen LogP contribution in [0, 0.1) is 6.92 Å². The van der Waals surface area contributed by atoms with Gasteiger partial charge >= 0.3 is 0 Å². The van der Waals surface area contributed by atoms with Crippen LogP contribution in [0.2, 0.25) is 0 Å². The van der Waals surface area contributed by atoms with Crippen LogP contribution < -0.4 is 4.74 Å². The predicted molar refractivity (Wildman–Crippen MR) is 70.7 cm³/mol. The first-order valence-electron chi connectivity index (χ1n) is 5.55. The lowest BCUT2D eigenvalue weighted by atomic mass is 10.0. The number of methoxy groups -OCH3 is 1. The highest BCUT2D eigenvalue weighted by molar-refractivity contribution is 7.10. The highest BCUT2D eigenvalue weighted by atomic mass is 32.1. The smallest absolute Gasteiger partial charge is 0.122 e. The highest BCUT2D eigenvalue weighted by Crippen LogP contribution is 2.27. The first-order valence-corrected chi connectivity index (χ1v) is 6.43. The van der Waals surface area contributed by atoms with E-state index in [1.54, 1.807) is 18.4 Å². The van der Waals surface area contributed by atoms with Gasteiger partial charge in [0.1, 0.15) is 5.75 Å². The van der Waals surface area contributed by atoms with Gasteiger partial charge in [-0.3, -0.25) is 0 Å². The standard InChI is InChI=1S/C14H16O2S/c1-10-5-6-13(16-2)11(8-10)9-12(15)14-4-3-7-17-14/h3-8,12,15H,9H2,1-2H3. The van der Waals surface area contributed by atoms with Gasteiger partial charge in [-0.1, -0.05) is 23.8 Å². The first kappa shape index (κ1) is 12.1. The molecule has 1 N–H and O–H groups in total. The Labute approximate surface area is 105 Å². The van der Waals surface area contributed by atoms with Gasteiger partial charge in [0.15, 0.2) is 0 Å². The van der Waals surface area contributed by atoms with Crippen molar-refractivity contribution in [3.05, 3.63) is 51.7 Å². The number of rotatable bonds is 4. The van der Waals surface area contributed by atoms with Crippen LogP contribution in [0.5, 0.6) is 5.75 Å². The molecule has 0 aliphatic heterocycles. The van der Waals surface area contributed by atoms with Crippen molar-refractivity contribution in [1.82, 2.24) is 0 Å². The molecular weight excluding hydrogens is 232 g/mol. The lowest BCUT2D eigenvalue weighted by Gasteiger charge is -2.13. The molecule has 2 nitrogen and oxygen atoms in total. The molecule has 0 saturated heterocycles. The number of hydrogen-bond donors (Lipinski definition) is 1. The van der Waals surface area contributed by atoms with Gasteiger partial charge in [0, 0.05) is 11.3 Å². The number of benzene rings is 1. The minimum absolute atomic E-state index is 0.453. The van der Waals surface area contributed by atoms with Crippen molar-refractivity contribution in [3.8, 4) is 5.75 Å². The molecule has 0 aliphatic carbocycles. The largest absolute Gasteiger partial charge is 0.496 e. The zero-order valence-corrected chi connectivity index (χ0v) is 10.8. The number of aliphatic hydroxyl groups excluding tert-OH is 1. The van der Waals surface area contributed by atoms with E-state index < -0.39 is 6.10 Å². The molecule has 0 spiro atoms. The molecule has 0 amide bonds. The fourth-order valence-electron chi connectivity index (χ4n) is 1.86. The summed E-state index contributed by atoms with van der Waals surface area (Å²) in [4.78, 5) is 0.994. The van der Waals surface area contributed by atoms with Crippen LogP contribution in [0.4, 0.5) is 0 Å². The summed E-state index contributed by atoms with van der Waals surface area (Å²) in [6, 6.07) is 9.94. The number of aryl methyl sites for hydroxylation is 1. The minimum atomic E-state index is -0.453. The van der Waals surface area contributed by atoms with E-state index in [-0.39, 0.29) is 0 Å². The van der Waals surface area contributed by atoms with Gasteiger partial charge in [0.25, 0.3) is 0 Å². The van der Waals surface area contributed by atoms with Gasteiger partial charge in [-0.2, -0.15) is 0 Å². The third-order valence-electron chi connectivity index (χ3n) is 2.72. The quantitative estimate of drug-likeness (QED) is 0.899. The Hall–Kier alpha value is -1.32. The third kappa shape index (κ3) is 2.87. The number of ether oxygens (including phenoxy) is 1. The summed E-state index contributed by atoms with van der Waals surface area (Å²) in [6.45, 7) is 2.04. The summed E-state index contributed by atoms with van der Waals surface area (Å²) in [7, 11) is 1.66. The second-order valence-electron chi connectivity index (χ2n) is 4.05. The molecule has 0 saturated carbocycles. The van der Waals surface area contributed by atoms with Gasteiger partial charge < -0.3 is 9.84 Å². The lowest BCUT2D eigenvalue weighted by molar-refractivity contribution is 0.181. The molecule has 17 heavy (non-hydrogen) atoms. The molecule has 0 aliphatic rings. The molecule has 2 aromatic rings. The van der Waals surface area contributed by atoms with Gasteiger partial charge in [-0.15, -0.1) is 11.3 Å². The molecule has 1 unspecified atom stereocenters. The Morgan fingerprint density at radius 2 is 2.18 bits per heavy atom. The summed E-state index contributed by atoms with van der Waals surface area (Å²) < 4.78 is 5.31. The van der Waals surface area contributed by atoms with E-state index in [0.717, 1.165) is 16.2 Å². The maximum atomic E-state index is 10.1. The van der Waals surface area contributed by atoms with E-state index in [4.69, 9.17) is 4.74 Å². The van der Waals surface area contributed by atoms with Crippen molar-refractivity contribution < 1.29 is 9.84 Å². The molecule has 1 aromatic carbocycles. The summed E-state index contributed by atoms with van der Waals surface area (Å²) in [5.74, 6) is 0.839. The van der Waals surface area contributed by atoms with E-state index in [0.29, 0.717) is 6.42 Å². The Morgan fingerprint density at radius 3 is 2.82 bits per heavy atom. The third-order valence-corrected chi connectivity index (χ3v) is 3.69. The molecule has 0 bridgehead atoms. The van der Waals surface area contributed by atoms with Crippen LogP contribution in [0.3, 0.4) is 0 Å². The van der Waals surface area contributed by atoms with Gasteiger partial charge in [0.05, 0.1) is 13.2 Å². The fourth-order valence-corrected chi connectivity index (χ4v) is 2.57. The SMILES string of the molecule is COc1ccc(C)cc1CC(O)c1cccs1. The van der Waals surface area contributed by atoms with E-state index in [9.17, 15) is 5.11 Å². The van der Waals surface area contributed by atoms with Crippen LogP contribution in [0.1, 0.15) is 22.1 Å². The van der Waals surface area contributed by atoms with Crippen LogP contribution in [-0.4, -0.2) is 12.2 Å². The minimum Gasteiger partial charge on any atom is -0.496 e. The van der Waals surface area contributed by atoms with E-state index >= 15 is 0 Å². The summed E-state index contributed by atoms with van der Waals surface area (Å²) in [5.41, 5.74) is 2.23. The topological polar surface area (TPSA) is 29.5 Å². The van der Waals surface area contributed by atoms with Gasteiger partial charge in [0.2, 0.25) is 0 Å². The molecular formula is C14H16O2S. The Balaban J connectivity index is 2.20. The molecule has 1 atom stereocenters. The zero-order valence-electron chi connectivity index (χ0n) is 10.0. The number of aliphatic hydroxyl groups is 1. The molecule has 2 rings (SSSR count). The summed E-state index contributed by atoms with van der Waals surface area (Å²) in [6.07, 6.45) is 0.136. The van der Waals surface area contributed by atoms with Crippen LogP contribution >= 0.6 is 11.3 Å². The van der Waals surface area contributed by atoms with Crippen molar-refractivity contribution in [2.45, 2.75) is 19.4 Å². The van der Waals surface area contributed by atoms with Crippen molar-refractivity contribution >= 4 is 11.3 Å². The highest BCUT2D eigenvalue weighted by Gasteiger charge is 2.12. The average molecular weight is 248 g/mol. The number of thiophene rings is 1. The molecule has 1 aromatic heterocycles.